The quantitative estimate of drug-likeness (QED) is 0.685. The topological polar surface area (TPSA) is 61.8 Å². The van der Waals surface area contributed by atoms with Gasteiger partial charge in [-0.25, -0.2) is 0 Å². The van der Waals surface area contributed by atoms with Gasteiger partial charge >= 0.3 is 5.97 Å². The molecule has 2 unspecified atom stereocenters. The number of likely N-dealkylation sites (tertiary alicyclic amines) is 1. The van der Waals surface area contributed by atoms with Crippen molar-refractivity contribution in [3.05, 3.63) is 0 Å². The summed E-state index contributed by atoms with van der Waals surface area (Å²) in [5, 5.41) is 12.2. The number of hydrogen-bond donors (Lipinski definition) is 2. The molecule has 0 amide bonds. The molecule has 0 aromatic carbocycles. The minimum atomic E-state index is -0.763. The van der Waals surface area contributed by atoms with Crippen LogP contribution in [0.1, 0.15) is 26.7 Å². The summed E-state index contributed by atoms with van der Waals surface area (Å²) in [6, 6.07) is -0.252. The molecule has 2 atom stereocenters. The van der Waals surface area contributed by atoms with E-state index in [1.54, 1.807) is 7.11 Å². The molecule has 0 aromatic rings. The van der Waals surface area contributed by atoms with E-state index < -0.39 is 12.0 Å². The number of hydrogen-bond acceptors (Lipinski definition) is 4. The van der Waals surface area contributed by atoms with Crippen LogP contribution in [-0.4, -0.2) is 60.9 Å². The molecule has 100 valence electrons. The van der Waals surface area contributed by atoms with Gasteiger partial charge in [-0.1, -0.05) is 13.8 Å². The summed E-state index contributed by atoms with van der Waals surface area (Å²) in [7, 11) is 1.73. The van der Waals surface area contributed by atoms with E-state index in [1.807, 2.05) is 13.8 Å². The summed E-state index contributed by atoms with van der Waals surface area (Å²) >= 11 is 0. The predicted octanol–water partition coefficient (Wildman–Crippen LogP) is 0.548. The number of carboxylic acids is 1. The molecular weight excluding hydrogens is 220 g/mol. The highest BCUT2D eigenvalue weighted by Crippen LogP contribution is 2.12. The van der Waals surface area contributed by atoms with Crippen LogP contribution in [-0.2, 0) is 9.53 Å². The Bertz CT molecular complexity index is 246. The first-order chi connectivity index (χ1) is 8.02. The smallest absolute Gasteiger partial charge is 0.320 e. The Morgan fingerprint density at radius 3 is 2.76 bits per heavy atom. The van der Waals surface area contributed by atoms with Crippen molar-refractivity contribution in [3.8, 4) is 0 Å². The Morgan fingerprint density at radius 1 is 1.59 bits per heavy atom. The normalized spacial score (nSPS) is 23.2. The van der Waals surface area contributed by atoms with Crippen molar-refractivity contribution in [1.29, 1.82) is 0 Å². The Labute approximate surface area is 103 Å². The lowest BCUT2D eigenvalue weighted by atomic mass is 10.2. The monoisotopic (exact) mass is 244 g/mol. The third kappa shape index (κ3) is 5.02. The Hall–Kier alpha value is -0.650. The summed E-state index contributed by atoms with van der Waals surface area (Å²) in [6.45, 7) is 6.67. The van der Waals surface area contributed by atoms with Crippen molar-refractivity contribution in [3.63, 3.8) is 0 Å². The molecule has 1 aliphatic rings. The average molecular weight is 244 g/mol. The molecular formula is C12H24N2O3. The van der Waals surface area contributed by atoms with Crippen LogP contribution in [0.15, 0.2) is 0 Å². The lowest BCUT2D eigenvalue weighted by molar-refractivity contribution is -0.139. The summed E-state index contributed by atoms with van der Waals surface area (Å²) in [6.07, 6.45) is 2.01. The van der Waals surface area contributed by atoms with E-state index in [9.17, 15) is 4.79 Å². The second kappa shape index (κ2) is 6.93. The van der Waals surface area contributed by atoms with Gasteiger partial charge in [-0.05, 0) is 12.8 Å². The van der Waals surface area contributed by atoms with Crippen LogP contribution in [0.5, 0.6) is 0 Å². The first kappa shape index (κ1) is 14.4. The molecule has 5 nitrogen and oxygen atoms in total. The van der Waals surface area contributed by atoms with Gasteiger partial charge in [0, 0.05) is 32.8 Å². The van der Waals surface area contributed by atoms with Gasteiger partial charge < -0.3 is 20.1 Å². The van der Waals surface area contributed by atoms with Crippen LogP contribution < -0.4 is 5.32 Å². The lowest BCUT2D eigenvalue weighted by Crippen LogP contribution is -2.43. The second-order valence-electron chi connectivity index (χ2n) is 4.95. The molecule has 0 bridgehead atoms. The maximum absolute atomic E-state index is 11.1. The fraction of sp³-hybridized carbons (Fsp3) is 0.917. The number of carboxylic acid groups (broad SMARTS) is 1. The third-order valence-corrected chi connectivity index (χ3v) is 3.13. The molecule has 0 radical (unpaired) electrons. The molecule has 1 aliphatic heterocycles. The molecule has 17 heavy (non-hydrogen) atoms. The summed E-state index contributed by atoms with van der Waals surface area (Å²) in [5.41, 5.74) is 0. The number of nitrogens with zero attached hydrogens (tertiary/aromatic N) is 1. The van der Waals surface area contributed by atoms with Gasteiger partial charge in [0.1, 0.15) is 6.04 Å². The van der Waals surface area contributed by atoms with E-state index in [-0.39, 0.29) is 6.04 Å². The molecule has 1 fully saturated rings. The van der Waals surface area contributed by atoms with Crippen molar-refractivity contribution in [2.24, 2.45) is 0 Å². The Kier molecular flexibility index (Phi) is 5.88. The first-order valence-corrected chi connectivity index (χ1v) is 6.27. The van der Waals surface area contributed by atoms with Gasteiger partial charge in [0.2, 0.25) is 0 Å². The standard InChI is InChI=1S/C12H24N2O3/c1-9(2)13-11(12(15)16)5-7-14-6-4-10(8-14)17-3/h9-11,13H,4-8H2,1-3H3,(H,15,16). The van der Waals surface area contributed by atoms with Gasteiger partial charge in [-0.15, -0.1) is 0 Å². The van der Waals surface area contributed by atoms with Crippen LogP contribution in [0.2, 0.25) is 0 Å². The van der Waals surface area contributed by atoms with E-state index in [0.717, 1.165) is 26.1 Å². The first-order valence-electron chi connectivity index (χ1n) is 6.27. The lowest BCUT2D eigenvalue weighted by Gasteiger charge is -2.21. The van der Waals surface area contributed by atoms with Crippen molar-refractivity contribution < 1.29 is 14.6 Å². The fourth-order valence-electron chi connectivity index (χ4n) is 2.18. The van der Waals surface area contributed by atoms with E-state index in [2.05, 4.69) is 10.2 Å². The molecule has 1 saturated heterocycles. The van der Waals surface area contributed by atoms with Gasteiger partial charge in [0.25, 0.3) is 0 Å². The molecule has 0 aromatic heterocycles. The van der Waals surface area contributed by atoms with E-state index in [0.29, 0.717) is 12.5 Å². The number of carbonyl (C=O) groups is 1. The molecule has 1 heterocycles. The van der Waals surface area contributed by atoms with E-state index in [1.165, 1.54) is 0 Å². The summed E-state index contributed by atoms with van der Waals surface area (Å²) < 4.78 is 5.29. The van der Waals surface area contributed by atoms with Crippen molar-refractivity contribution in [2.75, 3.05) is 26.7 Å². The molecule has 0 aliphatic carbocycles. The largest absolute Gasteiger partial charge is 0.480 e. The maximum Gasteiger partial charge on any atom is 0.320 e. The number of methoxy groups -OCH3 is 1. The summed E-state index contributed by atoms with van der Waals surface area (Å²) in [4.78, 5) is 13.3. The minimum absolute atomic E-state index is 0.196. The molecule has 0 saturated carbocycles. The highest BCUT2D eigenvalue weighted by molar-refractivity contribution is 5.73. The number of nitrogens with one attached hydrogen (secondary N) is 1. The highest BCUT2D eigenvalue weighted by Gasteiger charge is 2.24. The average Bonchev–Trinajstić information content (AvgIpc) is 2.71. The van der Waals surface area contributed by atoms with Crippen molar-refractivity contribution >= 4 is 5.97 Å². The van der Waals surface area contributed by atoms with Crippen molar-refractivity contribution in [1.82, 2.24) is 10.2 Å². The van der Waals surface area contributed by atoms with Crippen LogP contribution in [0.25, 0.3) is 0 Å². The van der Waals surface area contributed by atoms with E-state index >= 15 is 0 Å². The predicted molar refractivity (Wildman–Crippen MR) is 66.2 cm³/mol. The maximum atomic E-state index is 11.1. The SMILES string of the molecule is COC1CCN(CCC(NC(C)C)C(=O)O)C1. The zero-order valence-corrected chi connectivity index (χ0v) is 11.0. The molecule has 5 heteroatoms. The van der Waals surface area contributed by atoms with Crippen LogP contribution in [0, 0.1) is 0 Å². The van der Waals surface area contributed by atoms with Crippen LogP contribution >= 0.6 is 0 Å². The van der Waals surface area contributed by atoms with Gasteiger partial charge in [0.05, 0.1) is 6.10 Å². The third-order valence-electron chi connectivity index (χ3n) is 3.13. The Balaban J connectivity index is 2.29. The van der Waals surface area contributed by atoms with Crippen LogP contribution in [0.3, 0.4) is 0 Å². The minimum Gasteiger partial charge on any atom is -0.480 e. The molecule has 1 rings (SSSR count). The van der Waals surface area contributed by atoms with Gasteiger partial charge in [-0.2, -0.15) is 0 Å². The zero-order valence-electron chi connectivity index (χ0n) is 11.0. The summed E-state index contributed by atoms with van der Waals surface area (Å²) in [5.74, 6) is -0.763. The van der Waals surface area contributed by atoms with E-state index in [4.69, 9.17) is 9.84 Å². The number of ether oxygens (including phenoxy) is 1. The highest BCUT2D eigenvalue weighted by atomic mass is 16.5. The van der Waals surface area contributed by atoms with Gasteiger partial charge in [0.15, 0.2) is 0 Å². The van der Waals surface area contributed by atoms with Gasteiger partial charge in [-0.3, -0.25) is 4.79 Å². The molecule has 2 N–H and O–H groups in total. The number of rotatable bonds is 7. The van der Waals surface area contributed by atoms with Crippen molar-refractivity contribution in [2.45, 2.75) is 44.9 Å². The molecule has 0 spiro atoms. The Morgan fingerprint density at radius 2 is 2.29 bits per heavy atom. The second-order valence-corrected chi connectivity index (χ2v) is 4.95. The zero-order chi connectivity index (χ0) is 12.8. The van der Waals surface area contributed by atoms with Crippen LogP contribution in [0.4, 0.5) is 0 Å². The number of aliphatic carboxylic acids is 1. The fourth-order valence-corrected chi connectivity index (χ4v) is 2.18.